The summed E-state index contributed by atoms with van der Waals surface area (Å²) in [6.07, 6.45) is 0. The molecule has 0 amide bonds. The number of rotatable bonds is 4. The van der Waals surface area contributed by atoms with E-state index in [9.17, 15) is 21.6 Å². The number of nitrogens with one attached hydrogen (secondary N) is 1. The number of hydrogen-bond acceptors (Lipinski definition) is 2. The van der Waals surface area contributed by atoms with Crippen LogP contribution in [0.15, 0.2) is 45.8 Å². The van der Waals surface area contributed by atoms with Gasteiger partial charge in [0.15, 0.2) is 17.5 Å². The van der Waals surface area contributed by atoms with Gasteiger partial charge in [0.05, 0.1) is 0 Å². The van der Waals surface area contributed by atoms with E-state index in [-0.39, 0.29) is 0 Å². The van der Waals surface area contributed by atoms with E-state index < -0.39 is 38.4 Å². The summed E-state index contributed by atoms with van der Waals surface area (Å²) in [4.78, 5) is -0.940. The fourth-order valence-corrected chi connectivity index (χ4v) is 3.82. The molecule has 0 radical (unpaired) electrons. The SMILES string of the molecule is CC(NS(=O)(=O)c1ccc(F)c(F)c1F)c1ccccc1Br. The minimum absolute atomic E-state index is 0.566. The third-order valence-corrected chi connectivity index (χ3v) is 5.27. The average Bonchev–Trinajstić information content (AvgIpc) is 2.44. The summed E-state index contributed by atoms with van der Waals surface area (Å²) in [5.74, 6) is -5.02. The van der Waals surface area contributed by atoms with Crippen molar-refractivity contribution in [3.05, 3.63) is 63.9 Å². The second-order valence-corrected chi connectivity index (χ2v) is 7.07. The van der Waals surface area contributed by atoms with Crippen LogP contribution in [0.25, 0.3) is 0 Å². The topological polar surface area (TPSA) is 46.2 Å². The molecule has 0 aliphatic heterocycles. The molecule has 2 aromatic rings. The molecular formula is C14H11BrF3NO2S. The number of halogens is 4. The standard InChI is InChI=1S/C14H11BrF3NO2S/c1-8(9-4-2-3-5-10(9)15)19-22(20,21)12-7-6-11(16)13(17)14(12)18/h2-8,19H,1H3. The van der Waals surface area contributed by atoms with E-state index >= 15 is 0 Å². The van der Waals surface area contributed by atoms with Crippen LogP contribution in [0.2, 0.25) is 0 Å². The summed E-state index contributed by atoms with van der Waals surface area (Å²) in [6.45, 7) is 1.55. The Morgan fingerprint density at radius 3 is 2.32 bits per heavy atom. The first-order chi connectivity index (χ1) is 10.2. The van der Waals surface area contributed by atoms with Crippen LogP contribution in [0.1, 0.15) is 18.5 Å². The minimum Gasteiger partial charge on any atom is -0.207 e. The van der Waals surface area contributed by atoms with Gasteiger partial charge in [-0.25, -0.2) is 26.3 Å². The molecule has 8 heteroatoms. The van der Waals surface area contributed by atoms with Gasteiger partial charge in [-0.1, -0.05) is 34.1 Å². The van der Waals surface area contributed by atoms with E-state index in [1.807, 2.05) is 0 Å². The van der Waals surface area contributed by atoms with Crippen molar-refractivity contribution in [3.63, 3.8) is 0 Å². The lowest BCUT2D eigenvalue weighted by Crippen LogP contribution is -2.28. The van der Waals surface area contributed by atoms with E-state index in [4.69, 9.17) is 0 Å². The predicted octanol–water partition coefficient (Wildman–Crippen LogP) is 3.91. The minimum atomic E-state index is -4.35. The summed E-state index contributed by atoms with van der Waals surface area (Å²) in [7, 11) is -4.35. The molecule has 2 rings (SSSR count). The Kier molecular flexibility index (Phi) is 4.93. The van der Waals surface area contributed by atoms with Gasteiger partial charge >= 0.3 is 0 Å². The summed E-state index contributed by atoms with van der Waals surface area (Å²) < 4.78 is 66.9. The zero-order valence-corrected chi connectivity index (χ0v) is 13.7. The van der Waals surface area contributed by atoms with E-state index in [0.717, 1.165) is 0 Å². The van der Waals surface area contributed by atoms with E-state index in [2.05, 4.69) is 20.7 Å². The molecule has 2 aromatic carbocycles. The highest BCUT2D eigenvalue weighted by molar-refractivity contribution is 9.10. The Labute approximate surface area is 134 Å². The molecule has 118 valence electrons. The molecular weight excluding hydrogens is 383 g/mol. The molecule has 3 nitrogen and oxygen atoms in total. The predicted molar refractivity (Wildman–Crippen MR) is 79.2 cm³/mol. The molecule has 0 bridgehead atoms. The van der Waals surface area contributed by atoms with Crippen molar-refractivity contribution in [3.8, 4) is 0 Å². The lowest BCUT2D eigenvalue weighted by molar-refractivity contribution is 0.431. The molecule has 0 saturated heterocycles. The average molecular weight is 394 g/mol. The van der Waals surface area contributed by atoms with Crippen molar-refractivity contribution < 1.29 is 21.6 Å². The highest BCUT2D eigenvalue weighted by Gasteiger charge is 2.26. The van der Waals surface area contributed by atoms with Crippen LogP contribution >= 0.6 is 15.9 Å². The molecule has 0 aliphatic rings. The zero-order valence-electron chi connectivity index (χ0n) is 11.3. The normalized spacial score (nSPS) is 13.1. The molecule has 1 unspecified atom stereocenters. The van der Waals surface area contributed by atoms with Crippen molar-refractivity contribution in [2.45, 2.75) is 17.9 Å². The second kappa shape index (κ2) is 6.39. The summed E-state index contributed by atoms with van der Waals surface area (Å²) in [6, 6.07) is 7.41. The molecule has 0 spiro atoms. The summed E-state index contributed by atoms with van der Waals surface area (Å²) >= 11 is 3.28. The van der Waals surface area contributed by atoms with Gasteiger partial charge in [-0.2, -0.15) is 0 Å². The molecule has 0 aromatic heterocycles. The Morgan fingerprint density at radius 2 is 1.68 bits per heavy atom. The second-order valence-electron chi connectivity index (χ2n) is 4.54. The van der Waals surface area contributed by atoms with Gasteiger partial charge in [0.1, 0.15) is 4.90 Å². The number of benzene rings is 2. The van der Waals surface area contributed by atoms with Crippen LogP contribution in [0.4, 0.5) is 13.2 Å². The molecule has 0 aliphatic carbocycles. The van der Waals surface area contributed by atoms with Crippen molar-refractivity contribution in [2.24, 2.45) is 0 Å². The Bertz CT molecular complexity index is 812. The lowest BCUT2D eigenvalue weighted by Gasteiger charge is -2.16. The number of hydrogen-bond donors (Lipinski definition) is 1. The van der Waals surface area contributed by atoms with Crippen LogP contribution in [-0.4, -0.2) is 8.42 Å². The molecule has 22 heavy (non-hydrogen) atoms. The molecule has 0 saturated carbocycles. The Hall–Kier alpha value is -1.38. The molecule has 0 fully saturated rings. The van der Waals surface area contributed by atoms with Crippen molar-refractivity contribution in [2.75, 3.05) is 0 Å². The van der Waals surface area contributed by atoms with Gasteiger partial charge in [-0.05, 0) is 30.7 Å². The smallest absolute Gasteiger partial charge is 0.207 e. The van der Waals surface area contributed by atoms with Crippen LogP contribution in [0.5, 0.6) is 0 Å². The third kappa shape index (κ3) is 3.34. The van der Waals surface area contributed by atoms with Gasteiger partial charge in [0.25, 0.3) is 0 Å². The fraction of sp³-hybridized carbons (Fsp3) is 0.143. The van der Waals surface area contributed by atoms with E-state index in [1.54, 1.807) is 31.2 Å². The summed E-state index contributed by atoms with van der Waals surface area (Å²) in [5, 5.41) is 0. The maximum absolute atomic E-state index is 13.6. The summed E-state index contributed by atoms with van der Waals surface area (Å²) in [5.41, 5.74) is 0.620. The maximum atomic E-state index is 13.6. The van der Waals surface area contributed by atoms with E-state index in [1.165, 1.54) is 0 Å². The first-order valence-electron chi connectivity index (χ1n) is 6.14. The molecule has 1 atom stereocenters. The molecule has 1 N–H and O–H groups in total. The number of sulfonamides is 1. The Morgan fingerprint density at radius 1 is 1.05 bits per heavy atom. The van der Waals surface area contributed by atoms with Crippen LogP contribution in [0, 0.1) is 17.5 Å². The van der Waals surface area contributed by atoms with Crippen LogP contribution < -0.4 is 4.72 Å². The first kappa shape index (κ1) is 17.0. The third-order valence-electron chi connectivity index (χ3n) is 2.99. The van der Waals surface area contributed by atoms with Gasteiger partial charge in [0, 0.05) is 10.5 Å². The Balaban J connectivity index is 2.37. The van der Waals surface area contributed by atoms with E-state index in [0.29, 0.717) is 22.2 Å². The maximum Gasteiger partial charge on any atom is 0.244 e. The molecule has 0 heterocycles. The van der Waals surface area contributed by atoms with Crippen molar-refractivity contribution in [1.29, 1.82) is 0 Å². The largest absolute Gasteiger partial charge is 0.244 e. The first-order valence-corrected chi connectivity index (χ1v) is 8.42. The van der Waals surface area contributed by atoms with Crippen LogP contribution in [-0.2, 0) is 10.0 Å². The van der Waals surface area contributed by atoms with Crippen LogP contribution in [0.3, 0.4) is 0 Å². The van der Waals surface area contributed by atoms with Crippen molar-refractivity contribution >= 4 is 26.0 Å². The highest BCUT2D eigenvalue weighted by atomic mass is 79.9. The monoisotopic (exact) mass is 393 g/mol. The van der Waals surface area contributed by atoms with Gasteiger partial charge in [0.2, 0.25) is 10.0 Å². The van der Waals surface area contributed by atoms with Gasteiger partial charge in [-0.3, -0.25) is 0 Å². The highest BCUT2D eigenvalue weighted by Crippen LogP contribution is 2.26. The zero-order chi connectivity index (χ0) is 16.5. The van der Waals surface area contributed by atoms with Gasteiger partial charge < -0.3 is 0 Å². The fourth-order valence-electron chi connectivity index (χ4n) is 1.90. The lowest BCUT2D eigenvalue weighted by atomic mass is 10.1. The van der Waals surface area contributed by atoms with Gasteiger partial charge in [-0.15, -0.1) is 0 Å². The van der Waals surface area contributed by atoms with Crippen molar-refractivity contribution in [1.82, 2.24) is 4.72 Å². The quantitative estimate of drug-likeness (QED) is 0.800.